The van der Waals surface area contributed by atoms with E-state index in [-0.39, 0.29) is 0 Å². The first-order chi connectivity index (χ1) is 11.5. The number of hydrogen-bond acceptors (Lipinski definition) is 3. The highest BCUT2D eigenvalue weighted by Crippen LogP contribution is 2.47. The zero-order valence-electron chi connectivity index (χ0n) is 15.4. The fourth-order valence-electron chi connectivity index (χ4n) is 3.06. The smallest absolute Gasteiger partial charge is 0.117 e. The molecule has 1 heterocycles. The zero-order chi connectivity index (χ0) is 17.1. The lowest BCUT2D eigenvalue weighted by molar-refractivity contribution is 0.265. The van der Waals surface area contributed by atoms with E-state index in [0.717, 1.165) is 31.3 Å². The molecule has 0 saturated heterocycles. The molecule has 1 aromatic heterocycles. The summed E-state index contributed by atoms with van der Waals surface area (Å²) in [5.41, 5.74) is 2.76. The van der Waals surface area contributed by atoms with Crippen LogP contribution in [0.4, 0.5) is 0 Å². The van der Waals surface area contributed by atoms with Crippen LogP contribution in [0.5, 0.6) is 0 Å². The van der Waals surface area contributed by atoms with Crippen LogP contribution in [0, 0.1) is 5.92 Å². The highest BCUT2D eigenvalue weighted by atomic mass is 16.3. The molecule has 1 aliphatic carbocycles. The van der Waals surface area contributed by atoms with Gasteiger partial charge in [-0.05, 0) is 56.5 Å². The minimum Gasteiger partial charge on any atom is -0.464 e. The zero-order valence-corrected chi connectivity index (χ0v) is 15.4. The lowest BCUT2D eigenvalue weighted by Gasteiger charge is -2.22. The van der Waals surface area contributed by atoms with Crippen molar-refractivity contribution in [2.24, 2.45) is 5.92 Å². The molecule has 3 heteroatoms. The van der Waals surface area contributed by atoms with E-state index >= 15 is 0 Å². The van der Waals surface area contributed by atoms with Crippen molar-refractivity contribution in [1.82, 2.24) is 10.2 Å². The Balaban J connectivity index is 1.54. The normalized spacial score (nSPS) is 20.1. The molecule has 1 saturated carbocycles. The van der Waals surface area contributed by atoms with E-state index < -0.39 is 0 Å². The summed E-state index contributed by atoms with van der Waals surface area (Å²) < 4.78 is 5.97. The molecule has 24 heavy (non-hydrogen) atoms. The Morgan fingerprint density at radius 1 is 1.12 bits per heavy atom. The monoisotopic (exact) mass is 326 g/mol. The maximum absolute atomic E-state index is 5.97. The maximum Gasteiger partial charge on any atom is 0.117 e. The van der Waals surface area contributed by atoms with Crippen molar-refractivity contribution in [3.63, 3.8) is 0 Å². The minimum absolute atomic E-state index is 0.553. The van der Waals surface area contributed by atoms with Gasteiger partial charge in [0, 0.05) is 25.0 Å². The molecule has 1 fully saturated rings. The van der Waals surface area contributed by atoms with Gasteiger partial charge in [-0.25, -0.2) is 0 Å². The lowest BCUT2D eigenvalue weighted by atomic mass is 10.1. The van der Waals surface area contributed by atoms with Gasteiger partial charge in [0.1, 0.15) is 11.5 Å². The van der Waals surface area contributed by atoms with Crippen LogP contribution in [-0.2, 0) is 19.6 Å². The van der Waals surface area contributed by atoms with Crippen LogP contribution in [0.3, 0.4) is 0 Å². The lowest BCUT2D eigenvalue weighted by Crippen LogP contribution is -2.26. The first-order valence-corrected chi connectivity index (χ1v) is 9.11. The number of nitrogens with one attached hydrogen (secondary N) is 1. The summed E-state index contributed by atoms with van der Waals surface area (Å²) in [5, 5.41) is 3.53. The molecule has 2 atom stereocenters. The van der Waals surface area contributed by atoms with Crippen LogP contribution in [0.25, 0.3) is 0 Å². The van der Waals surface area contributed by atoms with Gasteiger partial charge in [-0.1, -0.05) is 31.2 Å². The van der Waals surface area contributed by atoms with Crippen molar-refractivity contribution in [3.8, 4) is 0 Å². The average Bonchev–Trinajstić information content (AvgIpc) is 3.10. The molecule has 1 aromatic carbocycles. The molecular formula is C21H30N2O. The van der Waals surface area contributed by atoms with E-state index in [4.69, 9.17) is 4.42 Å². The quantitative estimate of drug-likeness (QED) is 0.772. The predicted molar refractivity (Wildman–Crippen MR) is 98.8 cm³/mol. The molecule has 2 unspecified atom stereocenters. The van der Waals surface area contributed by atoms with E-state index in [9.17, 15) is 0 Å². The SMILES string of the molecule is CC1CC1c1ccc(CNCc2ccccc2CN(C)C(C)C)o1. The fraction of sp³-hybridized carbons (Fsp3) is 0.524. The highest BCUT2D eigenvalue weighted by Gasteiger charge is 2.36. The molecule has 1 aliphatic rings. The number of furan rings is 1. The molecule has 1 N–H and O–H groups in total. The number of rotatable bonds is 8. The minimum atomic E-state index is 0.553. The molecule has 3 rings (SSSR count). The third kappa shape index (κ3) is 4.28. The van der Waals surface area contributed by atoms with E-state index in [2.05, 4.69) is 74.4 Å². The molecule has 0 amide bonds. The molecule has 2 aromatic rings. The summed E-state index contributed by atoms with van der Waals surface area (Å²) in [6.07, 6.45) is 1.27. The fourth-order valence-corrected chi connectivity index (χ4v) is 3.06. The highest BCUT2D eigenvalue weighted by molar-refractivity contribution is 5.27. The van der Waals surface area contributed by atoms with Crippen molar-refractivity contribution < 1.29 is 4.42 Å². The van der Waals surface area contributed by atoms with Gasteiger partial charge in [-0.2, -0.15) is 0 Å². The molecule has 130 valence electrons. The number of nitrogens with zero attached hydrogens (tertiary/aromatic N) is 1. The Morgan fingerprint density at radius 2 is 1.83 bits per heavy atom. The van der Waals surface area contributed by atoms with Gasteiger partial charge < -0.3 is 9.73 Å². The van der Waals surface area contributed by atoms with Gasteiger partial charge in [-0.15, -0.1) is 0 Å². The topological polar surface area (TPSA) is 28.4 Å². The van der Waals surface area contributed by atoms with Gasteiger partial charge in [0.15, 0.2) is 0 Å². The second-order valence-corrected chi connectivity index (χ2v) is 7.50. The van der Waals surface area contributed by atoms with Gasteiger partial charge in [-0.3, -0.25) is 4.90 Å². The second kappa shape index (κ2) is 7.54. The van der Waals surface area contributed by atoms with Crippen molar-refractivity contribution in [1.29, 1.82) is 0 Å². The first kappa shape index (κ1) is 17.2. The van der Waals surface area contributed by atoms with E-state index in [0.29, 0.717) is 12.0 Å². The Labute approximate surface area is 146 Å². The Bertz CT molecular complexity index is 661. The largest absolute Gasteiger partial charge is 0.464 e. The van der Waals surface area contributed by atoms with Gasteiger partial charge in [0.25, 0.3) is 0 Å². The molecule has 0 radical (unpaired) electrons. The molecule has 0 bridgehead atoms. The molecule has 3 nitrogen and oxygen atoms in total. The van der Waals surface area contributed by atoms with Crippen LogP contribution in [0.2, 0.25) is 0 Å². The first-order valence-electron chi connectivity index (χ1n) is 9.11. The van der Waals surface area contributed by atoms with Crippen LogP contribution in [-0.4, -0.2) is 18.0 Å². The van der Waals surface area contributed by atoms with Crippen molar-refractivity contribution >= 4 is 0 Å². The Hall–Kier alpha value is -1.58. The number of benzene rings is 1. The third-order valence-electron chi connectivity index (χ3n) is 5.19. The van der Waals surface area contributed by atoms with E-state index in [1.165, 1.54) is 23.3 Å². The van der Waals surface area contributed by atoms with Crippen molar-refractivity contribution in [2.75, 3.05) is 7.05 Å². The van der Waals surface area contributed by atoms with Crippen LogP contribution in [0.1, 0.15) is 55.8 Å². The summed E-state index contributed by atoms with van der Waals surface area (Å²) in [7, 11) is 2.18. The van der Waals surface area contributed by atoms with Gasteiger partial charge in [0.2, 0.25) is 0 Å². The summed E-state index contributed by atoms with van der Waals surface area (Å²) in [6, 6.07) is 13.5. The van der Waals surface area contributed by atoms with Crippen molar-refractivity contribution in [2.45, 2.75) is 58.8 Å². The average molecular weight is 326 g/mol. The van der Waals surface area contributed by atoms with Crippen LogP contribution in [0.15, 0.2) is 40.8 Å². The second-order valence-electron chi connectivity index (χ2n) is 7.50. The van der Waals surface area contributed by atoms with Gasteiger partial charge >= 0.3 is 0 Å². The Kier molecular flexibility index (Phi) is 5.42. The third-order valence-corrected chi connectivity index (χ3v) is 5.19. The van der Waals surface area contributed by atoms with Crippen LogP contribution >= 0.6 is 0 Å². The summed E-state index contributed by atoms with van der Waals surface area (Å²) in [6.45, 7) is 9.40. The standard InChI is InChI=1S/C21H30N2O/c1-15(2)23(4)14-18-8-6-5-7-17(18)12-22-13-19-9-10-21(24-19)20-11-16(20)3/h5-10,15-16,20,22H,11-14H2,1-4H3. The maximum atomic E-state index is 5.97. The van der Waals surface area contributed by atoms with Crippen LogP contribution < -0.4 is 5.32 Å². The van der Waals surface area contributed by atoms with Gasteiger partial charge in [0.05, 0.1) is 6.54 Å². The molecule has 0 aliphatic heterocycles. The predicted octanol–water partition coefficient (Wildman–Crippen LogP) is 4.53. The summed E-state index contributed by atoms with van der Waals surface area (Å²) in [5.74, 6) is 3.66. The Morgan fingerprint density at radius 3 is 2.50 bits per heavy atom. The molecule has 0 spiro atoms. The van der Waals surface area contributed by atoms with E-state index in [1.807, 2.05) is 0 Å². The van der Waals surface area contributed by atoms with Crippen molar-refractivity contribution in [3.05, 3.63) is 59.0 Å². The molecular weight excluding hydrogens is 296 g/mol. The van der Waals surface area contributed by atoms with E-state index in [1.54, 1.807) is 0 Å². The number of hydrogen-bond donors (Lipinski definition) is 1. The summed E-state index contributed by atoms with van der Waals surface area (Å²) >= 11 is 0. The summed E-state index contributed by atoms with van der Waals surface area (Å²) in [4.78, 5) is 2.37.